The zero-order valence-electron chi connectivity index (χ0n) is 15.8. The lowest BCUT2D eigenvalue weighted by Crippen LogP contribution is -2.39. The molecule has 1 atom stereocenters. The van der Waals surface area contributed by atoms with Crippen LogP contribution in [0, 0.1) is 0 Å². The van der Waals surface area contributed by atoms with E-state index in [4.69, 9.17) is 4.74 Å². The summed E-state index contributed by atoms with van der Waals surface area (Å²) >= 11 is 0. The van der Waals surface area contributed by atoms with Crippen molar-refractivity contribution < 1.29 is 19.1 Å². The van der Waals surface area contributed by atoms with E-state index < -0.39 is 12.1 Å². The van der Waals surface area contributed by atoms with E-state index >= 15 is 0 Å². The number of para-hydroxylation sites is 2. The van der Waals surface area contributed by atoms with Gasteiger partial charge in [-0.15, -0.1) is 0 Å². The SMILES string of the molecule is C[C@@H](OC(=O)c1ccccc1N1CCCC1=O)C(=O)N1CCc2ccccc21. The highest BCUT2D eigenvalue weighted by atomic mass is 16.5. The van der Waals surface area contributed by atoms with Crippen molar-refractivity contribution in [3.05, 3.63) is 59.7 Å². The molecule has 2 aromatic rings. The summed E-state index contributed by atoms with van der Waals surface area (Å²) in [5.74, 6) is -0.838. The van der Waals surface area contributed by atoms with E-state index in [9.17, 15) is 14.4 Å². The van der Waals surface area contributed by atoms with Crippen molar-refractivity contribution >= 4 is 29.2 Å². The largest absolute Gasteiger partial charge is 0.449 e. The third-order valence-corrected chi connectivity index (χ3v) is 5.27. The lowest BCUT2D eigenvalue weighted by Gasteiger charge is -2.23. The Morgan fingerprint density at radius 3 is 2.43 bits per heavy atom. The maximum Gasteiger partial charge on any atom is 0.341 e. The lowest BCUT2D eigenvalue weighted by atomic mass is 10.1. The summed E-state index contributed by atoms with van der Waals surface area (Å²) in [7, 11) is 0. The fraction of sp³-hybridized carbons (Fsp3) is 0.318. The first-order valence-corrected chi connectivity index (χ1v) is 9.56. The van der Waals surface area contributed by atoms with Crippen LogP contribution < -0.4 is 9.80 Å². The summed E-state index contributed by atoms with van der Waals surface area (Å²) < 4.78 is 5.49. The minimum Gasteiger partial charge on any atom is -0.449 e. The lowest BCUT2D eigenvalue weighted by molar-refractivity contribution is -0.126. The molecular formula is C22H22N2O4. The van der Waals surface area contributed by atoms with Crippen LogP contribution >= 0.6 is 0 Å². The molecule has 0 N–H and O–H groups in total. The van der Waals surface area contributed by atoms with Gasteiger partial charge in [0.2, 0.25) is 5.91 Å². The highest BCUT2D eigenvalue weighted by molar-refractivity contribution is 6.05. The van der Waals surface area contributed by atoms with Crippen molar-refractivity contribution in [1.82, 2.24) is 0 Å². The number of amides is 2. The molecule has 1 saturated heterocycles. The van der Waals surface area contributed by atoms with Crippen LogP contribution in [0.3, 0.4) is 0 Å². The van der Waals surface area contributed by atoms with Crippen LogP contribution in [0.5, 0.6) is 0 Å². The van der Waals surface area contributed by atoms with Gasteiger partial charge in [-0.25, -0.2) is 4.79 Å². The van der Waals surface area contributed by atoms with Gasteiger partial charge in [-0.1, -0.05) is 30.3 Å². The molecular weight excluding hydrogens is 356 g/mol. The Morgan fingerprint density at radius 2 is 1.68 bits per heavy atom. The number of hydrogen-bond acceptors (Lipinski definition) is 4. The summed E-state index contributed by atoms with van der Waals surface area (Å²) in [5.41, 5.74) is 2.84. The van der Waals surface area contributed by atoms with Gasteiger partial charge in [0.15, 0.2) is 6.10 Å². The van der Waals surface area contributed by atoms with E-state index in [0.717, 1.165) is 24.1 Å². The first-order valence-electron chi connectivity index (χ1n) is 9.56. The monoisotopic (exact) mass is 378 g/mol. The third-order valence-electron chi connectivity index (χ3n) is 5.27. The molecule has 0 aromatic heterocycles. The normalized spacial score (nSPS) is 16.8. The number of rotatable bonds is 4. The Morgan fingerprint density at radius 1 is 0.964 bits per heavy atom. The van der Waals surface area contributed by atoms with Gasteiger partial charge in [-0.3, -0.25) is 9.59 Å². The van der Waals surface area contributed by atoms with Crippen molar-refractivity contribution in [2.45, 2.75) is 32.3 Å². The molecule has 0 spiro atoms. The predicted octanol–water partition coefficient (Wildman–Crippen LogP) is 2.95. The summed E-state index contributed by atoms with van der Waals surface area (Å²) in [6.07, 6.45) is 1.13. The first kappa shape index (κ1) is 18.2. The molecule has 1 fully saturated rings. The molecule has 0 bridgehead atoms. The fourth-order valence-corrected chi connectivity index (χ4v) is 3.85. The quantitative estimate of drug-likeness (QED) is 0.767. The molecule has 2 amide bonds. The Kier molecular flexibility index (Phi) is 4.86. The van der Waals surface area contributed by atoms with Gasteiger partial charge < -0.3 is 14.5 Å². The summed E-state index contributed by atoms with van der Waals surface area (Å²) in [6.45, 7) is 2.76. The molecule has 2 aliphatic heterocycles. The summed E-state index contributed by atoms with van der Waals surface area (Å²) in [6, 6.07) is 14.6. The van der Waals surface area contributed by atoms with Crippen molar-refractivity contribution in [3.63, 3.8) is 0 Å². The number of hydrogen-bond donors (Lipinski definition) is 0. The smallest absolute Gasteiger partial charge is 0.341 e. The number of nitrogens with zero attached hydrogens (tertiary/aromatic N) is 2. The van der Waals surface area contributed by atoms with Crippen LogP contribution in [0.1, 0.15) is 35.7 Å². The molecule has 2 aliphatic rings. The number of carbonyl (C=O) groups excluding carboxylic acids is 3. The Hall–Kier alpha value is -3.15. The summed E-state index contributed by atoms with van der Waals surface area (Å²) in [5, 5.41) is 0. The number of ether oxygens (including phenoxy) is 1. The number of benzene rings is 2. The highest BCUT2D eigenvalue weighted by Crippen LogP contribution is 2.29. The predicted molar refractivity (Wildman–Crippen MR) is 105 cm³/mol. The second kappa shape index (κ2) is 7.46. The topological polar surface area (TPSA) is 66.9 Å². The van der Waals surface area contributed by atoms with Crippen molar-refractivity contribution in [2.75, 3.05) is 22.9 Å². The third kappa shape index (κ3) is 3.26. The molecule has 2 heterocycles. The van der Waals surface area contributed by atoms with E-state index in [2.05, 4.69) is 0 Å². The van der Waals surface area contributed by atoms with E-state index in [1.807, 2.05) is 24.3 Å². The molecule has 0 unspecified atom stereocenters. The zero-order chi connectivity index (χ0) is 19.7. The number of fused-ring (bicyclic) bond motifs is 1. The second-order valence-corrected chi connectivity index (χ2v) is 7.08. The first-order chi connectivity index (χ1) is 13.6. The van der Waals surface area contributed by atoms with E-state index in [0.29, 0.717) is 30.8 Å². The number of esters is 1. The molecule has 0 saturated carbocycles. The van der Waals surface area contributed by atoms with Crippen LogP contribution in [0.4, 0.5) is 11.4 Å². The highest BCUT2D eigenvalue weighted by Gasteiger charge is 2.31. The molecule has 144 valence electrons. The molecule has 6 nitrogen and oxygen atoms in total. The van der Waals surface area contributed by atoms with Gasteiger partial charge in [0.05, 0.1) is 11.3 Å². The van der Waals surface area contributed by atoms with Crippen molar-refractivity contribution in [3.8, 4) is 0 Å². The van der Waals surface area contributed by atoms with Crippen LogP contribution in [0.25, 0.3) is 0 Å². The van der Waals surface area contributed by atoms with Crippen LogP contribution in [0.2, 0.25) is 0 Å². The minimum absolute atomic E-state index is 0.00181. The van der Waals surface area contributed by atoms with E-state index in [1.165, 1.54) is 0 Å². The van der Waals surface area contributed by atoms with E-state index in [-0.39, 0.29) is 11.8 Å². The standard InChI is InChI=1S/C22H22N2O4/c1-15(21(26)24-14-12-16-7-2-4-9-18(16)24)28-22(27)17-8-3-5-10-19(17)23-13-6-11-20(23)25/h2-5,7-10,15H,6,11-14H2,1H3/t15-/m1/s1. The number of carbonyl (C=O) groups is 3. The Balaban J connectivity index is 1.50. The van der Waals surface area contributed by atoms with Crippen molar-refractivity contribution in [2.24, 2.45) is 0 Å². The van der Waals surface area contributed by atoms with Gasteiger partial charge >= 0.3 is 5.97 Å². The molecule has 0 aliphatic carbocycles. The Bertz CT molecular complexity index is 940. The molecule has 0 radical (unpaired) electrons. The fourth-order valence-electron chi connectivity index (χ4n) is 3.85. The van der Waals surface area contributed by atoms with Crippen LogP contribution in [-0.2, 0) is 20.7 Å². The average molecular weight is 378 g/mol. The van der Waals surface area contributed by atoms with Gasteiger partial charge in [-0.2, -0.15) is 0 Å². The summed E-state index contributed by atoms with van der Waals surface area (Å²) in [4.78, 5) is 41.0. The van der Waals surface area contributed by atoms with Crippen LogP contribution in [-0.4, -0.2) is 37.0 Å². The molecule has 2 aromatic carbocycles. The van der Waals surface area contributed by atoms with E-state index in [1.54, 1.807) is 41.0 Å². The van der Waals surface area contributed by atoms with Gasteiger partial charge in [-0.05, 0) is 43.5 Å². The second-order valence-electron chi connectivity index (χ2n) is 7.08. The number of anilines is 2. The zero-order valence-corrected chi connectivity index (χ0v) is 15.8. The molecule has 4 rings (SSSR count). The van der Waals surface area contributed by atoms with Gasteiger partial charge in [0.1, 0.15) is 0 Å². The maximum atomic E-state index is 12.9. The average Bonchev–Trinajstić information content (AvgIpc) is 3.33. The van der Waals surface area contributed by atoms with Crippen LogP contribution in [0.15, 0.2) is 48.5 Å². The van der Waals surface area contributed by atoms with Crippen molar-refractivity contribution in [1.29, 1.82) is 0 Å². The maximum absolute atomic E-state index is 12.9. The molecule has 28 heavy (non-hydrogen) atoms. The molecule has 6 heteroatoms. The van der Waals surface area contributed by atoms with Gasteiger partial charge in [0, 0.05) is 25.2 Å². The Labute approximate surface area is 163 Å². The van der Waals surface area contributed by atoms with Gasteiger partial charge in [0.25, 0.3) is 5.91 Å². The minimum atomic E-state index is -0.916.